The molecule has 6 heteroatoms. The molecule has 1 heterocycles. The van der Waals surface area contributed by atoms with E-state index in [2.05, 4.69) is 31.0 Å². The van der Waals surface area contributed by atoms with Gasteiger partial charge in [0.1, 0.15) is 0 Å². The van der Waals surface area contributed by atoms with Crippen LogP contribution in [0.1, 0.15) is 32.4 Å². The minimum atomic E-state index is -4.26. The first-order valence-electron chi connectivity index (χ1n) is 7.48. The fraction of sp³-hybridized carbons (Fsp3) is 0.625. The molecule has 0 amide bonds. The molecular weight excluding hydrogens is 309 g/mol. The summed E-state index contributed by atoms with van der Waals surface area (Å²) in [6.45, 7) is 9.74. The highest BCUT2D eigenvalue weighted by molar-refractivity contribution is 8.00. The predicted molar refractivity (Wildman–Crippen MR) is 85.0 cm³/mol. The zero-order valence-corrected chi connectivity index (χ0v) is 14.0. The summed E-state index contributed by atoms with van der Waals surface area (Å²) in [5.74, 6) is 0. The van der Waals surface area contributed by atoms with Crippen LogP contribution in [0.5, 0.6) is 0 Å². The van der Waals surface area contributed by atoms with E-state index in [1.54, 1.807) is 12.1 Å². The molecule has 0 aliphatic carbocycles. The van der Waals surface area contributed by atoms with Crippen molar-refractivity contribution in [2.24, 2.45) is 5.41 Å². The van der Waals surface area contributed by atoms with Gasteiger partial charge in [0.05, 0.1) is 0 Å². The lowest BCUT2D eigenvalue weighted by Gasteiger charge is -2.43. The lowest BCUT2D eigenvalue weighted by molar-refractivity contribution is -0.0329. The van der Waals surface area contributed by atoms with Crippen molar-refractivity contribution < 1.29 is 13.2 Å². The number of hydrogen-bond donors (Lipinski definition) is 1. The van der Waals surface area contributed by atoms with Gasteiger partial charge in [-0.2, -0.15) is 13.2 Å². The van der Waals surface area contributed by atoms with Crippen LogP contribution in [0.25, 0.3) is 0 Å². The van der Waals surface area contributed by atoms with Crippen LogP contribution in [0.2, 0.25) is 0 Å². The second-order valence-corrected chi connectivity index (χ2v) is 7.75. The topological polar surface area (TPSA) is 15.3 Å². The van der Waals surface area contributed by atoms with Gasteiger partial charge >= 0.3 is 5.51 Å². The molecule has 0 aromatic heterocycles. The quantitative estimate of drug-likeness (QED) is 0.831. The van der Waals surface area contributed by atoms with Crippen molar-refractivity contribution in [2.75, 3.05) is 26.2 Å². The lowest BCUT2D eigenvalue weighted by atomic mass is 9.81. The van der Waals surface area contributed by atoms with Crippen molar-refractivity contribution in [1.29, 1.82) is 0 Å². The molecule has 1 aromatic rings. The molecule has 1 fully saturated rings. The summed E-state index contributed by atoms with van der Waals surface area (Å²) in [5.41, 5.74) is -3.62. The highest BCUT2D eigenvalue weighted by Crippen LogP contribution is 2.45. The number of nitrogens with zero attached hydrogens (tertiary/aromatic N) is 1. The van der Waals surface area contributed by atoms with Crippen molar-refractivity contribution in [3.63, 3.8) is 0 Å². The van der Waals surface area contributed by atoms with E-state index in [9.17, 15) is 13.2 Å². The van der Waals surface area contributed by atoms with Crippen LogP contribution in [0.4, 0.5) is 13.2 Å². The first-order chi connectivity index (χ1) is 10.2. The molecule has 0 unspecified atom stereocenters. The van der Waals surface area contributed by atoms with E-state index in [0.29, 0.717) is 4.90 Å². The number of benzene rings is 1. The molecule has 1 aromatic carbocycles. The minimum absolute atomic E-state index is 0.00649. The Hall–Kier alpha value is -0.720. The van der Waals surface area contributed by atoms with Crippen LogP contribution < -0.4 is 5.32 Å². The number of piperazine rings is 1. The molecule has 124 valence electrons. The summed E-state index contributed by atoms with van der Waals surface area (Å²) < 4.78 is 38.6. The standard InChI is InChI=1S/C16H23F3N2S/c1-15(2,3)14(21-10-8-20-9-11-21)12-6-4-5-7-13(12)22-16(17,18)19/h4-7,14,20H,8-11H2,1-3H3/t14-/m1/s1. The van der Waals surface area contributed by atoms with Crippen LogP contribution in [-0.2, 0) is 0 Å². The van der Waals surface area contributed by atoms with Gasteiger partial charge in [0.25, 0.3) is 0 Å². The predicted octanol–water partition coefficient (Wildman–Crippen LogP) is 4.29. The summed E-state index contributed by atoms with van der Waals surface area (Å²) >= 11 is -0.00649. The summed E-state index contributed by atoms with van der Waals surface area (Å²) in [7, 11) is 0. The number of rotatable bonds is 3. The van der Waals surface area contributed by atoms with Crippen molar-refractivity contribution >= 4 is 11.8 Å². The number of nitrogens with one attached hydrogen (secondary N) is 1. The molecule has 0 radical (unpaired) electrons. The first-order valence-corrected chi connectivity index (χ1v) is 8.29. The summed E-state index contributed by atoms with van der Waals surface area (Å²) in [6.07, 6.45) is 0. The van der Waals surface area contributed by atoms with E-state index < -0.39 is 5.51 Å². The third-order valence-electron chi connectivity index (χ3n) is 3.78. The van der Waals surface area contributed by atoms with Crippen LogP contribution in [-0.4, -0.2) is 36.6 Å². The number of halogens is 3. The fourth-order valence-electron chi connectivity index (χ4n) is 3.08. The molecule has 0 bridgehead atoms. The van der Waals surface area contributed by atoms with Crippen molar-refractivity contribution in [3.8, 4) is 0 Å². The maximum absolute atomic E-state index is 12.9. The normalized spacial score (nSPS) is 19.2. The Labute approximate surface area is 134 Å². The van der Waals surface area contributed by atoms with Crippen LogP contribution in [0.3, 0.4) is 0 Å². The monoisotopic (exact) mass is 332 g/mol. The van der Waals surface area contributed by atoms with Crippen LogP contribution in [0, 0.1) is 5.41 Å². The van der Waals surface area contributed by atoms with Gasteiger partial charge < -0.3 is 5.32 Å². The van der Waals surface area contributed by atoms with Gasteiger partial charge in [0.15, 0.2) is 0 Å². The lowest BCUT2D eigenvalue weighted by Crippen LogP contribution is -2.48. The van der Waals surface area contributed by atoms with E-state index in [-0.39, 0.29) is 23.2 Å². The molecule has 1 aliphatic heterocycles. The highest BCUT2D eigenvalue weighted by atomic mass is 32.2. The van der Waals surface area contributed by atoms with E-state index >= 15 is 0 Å². The highest BCUT2D eigenvalue weighted by Gasteiger charge is 2.37. The molecular formula is C16H23F3N2S. The second-order valence-electron chi connectivity index (χ2n) is 6.64. The molecule has 1 atom stereocenters. The fourth-order valence-corrected chi connectivity index (χ4v) is 3.77. The first kappa shape index (κ1) is 17.6. The summed E-state index contributed by atoms with van der Waals surface area (Å²) in [6, 6.07) is 6.90. The Bertz CT molecular complexity index is 491. The number of thioether (sulfide) groups is 1. The SMILES string of the molecule is CC(C)(C)[C@@H](c1ccccc1SC(F)(F)F)N1CCNCC1. The summed E-state index contributed by atoms with van der Waals surface area (Å²) in [5, 5.41) is 3.30. The average molecular weight is 332 g/mol. The third-order valence-corrected chi connectivity index (χ3v) is 4.60. The Balaban J connectivity index is 2.39. The van der Waals surface area contributed by atoms with Gasteiger partial charge in [0, 0.05) is 37.1 Å². The van der Waals surface area contributed by atoms with Gasteiger partial charge in [-0.05, 0) is 28.8 Å². The largest absolute Gasteiger partial charge is 0.446 e. The molecule has 0 saturated carbocycles. The van der Waals surface area contributed by atoms with Gasteiger partial charge in [-0.15, -0.1) is 0 Å². The Morgan fingerprint density at radius 1 is 1.09 bits per heavy atom. The van der Waals surface area contributed by atoms with Gasteiger partial charge in [-0.1, -0.05) is 39.0 Å². The van der Waals surface area contributed by atoms with Crippen molar-refractivity contribution in [2.45, 2.75) is 37.2 Å². The molecule has 22 heavy (non-hydrogen) atoms. The molecule has 0 spiro atoms. The number of hydrogen-bond acceptors (Lipinski definition) is 3. The molecule has 2 rings (SSSR count). The number of alkyl halides is 3. The smallest absolute Gasteiger partial charge is 0.314 e. The zero-order valence-electron chi connectivity index (χ0n) is 13.2. The van der Waals surface area contributed by atoms with E-state index in [4.69, 9.17) is 0 Å². The molecule has 1 aliphatic rings. The van der Waals surface area contributed by atoms with Crippen LogP contribution in [0.15, 0.2) is 29.2 Å². The van der Waals surface area contributed by atoms with E-state index in [1.807, 2.05) is 12.1 Å². The maximum Gasteiger partial charge on any atom is 0.446 e. The molecule has 2 nitrogen and oxygen atoms in total. The van der Waals surface area contributed by atoms with Gasteiger partial charge in [0.2, 0.25) is 0 Å². The summed E-state index contributed by atoms with van der Waals surface area (Å²) in [4.78, 5) is 2.61. The van der Waals surface area contributed by atoms with E-state index in [0.717, 1.165) is 31.7 Å². The van der Waals surface area contributed by atoms with E-state index in [1.165, 1.54) is 0 Å². The molecule has 1 N–H and O–H groups in total. The Morgan fingerprint density at radius 3 is 2.23 bits per heavy atom. The Kier molecular flexibility index (Phi) is 5.45. The average Bonchev–Trinajstić information content (AvgIpc) is 2.39. The van der Waals surface area contributed by atoms with Gasteiger partial charge in [-0.3, -0.25) is 4.90 Å². The Morgan fingerprint density at radius 2 is 1.68 bits per heavy atom. The molecule has 1 saturated heterocycles. The third kappa shape index (κ3) is 4.64. The van der Waals surface area contributed by atoms with Crippen molar-refractivity contribution in [3.05, 3.63) is 29.8 Å². The van der Waals surface area contributed by atoms with Gasteiger partial charge in [-0.25, -0.2) is 0 Å². The maximum atomic E-state index is 12.9. The zero-order chi connectivity index (χ0) is 16.4. The van der Waals surface area contributed by atoms with Crippen LogP contribution >= 0.6 is 11.8 Å². The minimum Gasteiger partial charge on any atom is -0.314 e. The second kappa shape index (κ2) is 6.81. The van der Waals surface area contributed by atoms with Crippen molar-refractivity contribution in [1.82, 2.24) is 10.2 Å².